The highest BCUT2D eigenvalue weighted by Crippen LogP contribution is 2.21. The van der Waals surface area contributed by atoms with Gasteiger partial charge in [-0.2, -0.15) is 0 Å². The number of unbranched alkanes of at least 4 members (excludes halogenated alkanes) is 3. The van der Waals surface area contributed by atoms with Crippen LogP contribution in [0.2, 0.25) is 0 Å². The average Bonchev–Trinajstić information content (AvgIpc) is 2.60. The summed E-state index contributed by atoms with van der Waals surface area (Å²) >= 11 is 10.8. The van der Waals surface area contributed by atoms with E-state index >= 15 is 0 Å². The van der Waals surface area contributed by atoms with E-state index in [0.717, 1.165) is 54.6 Å². The first-order valence-electron chi connectivity index (χ1n) is 10.2. The third-order valence-corrected chi connectivity index (χ3v) is 5.64. The fourth-order valence-corrected chi connectivity index (χ4v) is 3.90. The Morgan fingerprint density at radius 1 is 1.11 bits per heavy atom. The van der Waals surface area contributed by atoms with E-state index in [-0.39, 0.29) is 11.9 Å². The highest BCUT2D eigenvalue weighted by atomic mass is 32.1. The molecule has 1 heterocycles. The summed E-state index contributed by atoms with van der Waals surface area (Å²) in [5, 5.41) is 0. The maximum atomic E-state index is 12.3. The zero-order valence-electron chi connectivity index (χ0n) is 17.6. The monoisotopic (exact) mass is 412 g/mol. The van der Waals surface area contributed by atoms with Crippen molar-refractivity contribution >= 4 is 30.4 Å². The zero-order chi connectivity index (χ0) is 20.4. The van der Waals surface area contributed by atoms with Gasteiger partial charge in [0.15, 0.2) is 4.77 Å². The Morgan fingerprint density at radius 3 is 2.37 bits per heavy atom. The van der Waals surface area contributed by atoms with Crippen molar-refractivity contribution in [3.05, 3.63) is 21.7 Å². The predicted molar refractivity (Wildman–Crippen MR) is 117 cm³/mol. The van der Waals surface area contributed by atoms with Crippen LogP contribution in [0.1, 0.15) is 66.7 Å². The molecule has 0 aliphatic rings. The quantitative estimate of drug-likeness (QED) is 0.233. The van der Waals surface area contributed by atoms with Gasteiger partial charge in [0.25, 0.3) is 0 Å². The number of hydrogen-bond donors (Lipinski definition) is 0. The van der Waals surface area contributed by atoms with E-state index in [1.807, 2.05) is 16.8 Å². The van der Waals surface area contributed by atoms with Gasteiger partial charge in [0, 0.05) is 19.3 Å². The number of carbonyl (C=O) groups is 1. The summed E-state index contributed by atoms with van der Waals surface area (Å²) in [6, 6.07) is 1.94. The summed E-state index contributed by atoms with van der Waals surface area (Å²) in [6.45, 7) is 12.8. The van der Waals surface area contributed by atoms with Gasteiger partial charge in [-0.1, -0.05) is 46.3 Å². The van der Waals surface area contributed by atoms with Crippen LogP contribution in [0.3, 0.4) is 0 Å². The predicted octanol–water partition coefficient (Wildman–Crippen LogP) is 6.19. The Labute approximate surface area is 174 Å². The molecule has 0 aromatic carbocycles. The van der Waals surface area contributed by atoms with E-state index in [1.54, 1.807) is 0 Å². The van der Waals surface area contributed by atoms with Gasteiger partial charge in [-0.05, 0) is 62.7 Å². The lowest BCUT2D eigenvalue weighted by atomic mass is 9.88. The summed E-state index contributed by atoms with van der Waals surface area (Å²) < 4.78 is 11.2. The molecular weight excluding hydrogens is 376 g/mol. The SMILES string of the molecule is CCn1c(=S)ccn(CCCCCCOC(=O)C(CC(C)C)C(C)C)c1=S. The molecule has 1 aromatic heterocycles. The molecular formula is C21H36N2O2S2. The van der Waals surface area contributed by atoms with Crippen LogP contribution in [-0.2, 0) is 22.6 Å². The second kappa shape index (κ2) is 12.4. The first-order chi connectivity index (χ1) is 12.8. The highest BCUT2D eigenvalue weighted by molar-refractivity contribution is 7.72. The van der Waals surface area contributed by atoms with E-state index in [1.165, 1.54) is 0 Å². The van der Waals surface area contributed by atoms with Gasteiger partial charge >= 0.3 is 5.97 Å². The van der Waals surface area contributed by atoms with E-state index in [4.69, 9.17) is 29.2 Å². The molecule has 0 N–H and O–H groups in total. The number of aryl methyl sites for hydroxylation is 1. The van der Waals surface area contributed by atoms with Gasteiger partial charge in [0.05, 0.1) is 12.5 Å². The van der Waals surface area contributed by atoms with Crippen molar-refractivity contribution in [1.82, 2.24) is 9.13 Å². The molecule has 154 valence electrons. The van der Waals surface area contributed by atoms with Gasteiger partial charge in [0.2, 0.25) is 0 Å². The van der Waals surface area contributed by atoms with Crippen molar-refractivity contribution in [3.63, 3.8) is 0 Å². The molecule has 0 aliphatic carbocycles. The molecule has 0 amide bonds. The lowest BCUT2D eigenvalue weighted by Crippen LogP contribution is -2.24. The Bertz CT molecular complexity index is 692. The molecule has 1 unspecified atom stereocenters. The average molecular weight is 413 g/mol. The van der Waals surface area contributed by atoms with Gasteiger partial charge in [-0.15, -0.1) is 0 Å². The van der Waals surface area contributed by atoms with E-state index in [9.17, 15) is 4.79 Å². The van der Waals surface area contributed by atoms with Crippen molar-refractivity contribution in [2.24, 2.45) is 17.8 Å². The molecule has 0 saturated heterocycles. The number of nitrogens with zero attached hydrogens (tertiary/aromatic N) is 2. The lowest BCUT2D eigenvalue weighted by Gasteiger charge is -2.21. The van der Waals surface area contributed by atoms with Crippen LogP contribution in [0.15, 0.2) is 12.3 Å². The van der Waals surface area contributed by atoms with Crippen molar-refractivity contribution in [2.75, 3.05) is 6.61 Å². The number of esters is 1. The molecule has 6 heteroatoms. The van der Waals surface area contributed by atoms with E-state index in [2.05, 4.69) is 39.2 Å². The molecule has 0 bridgehead atoms. The van der Waals surface area contributed by atoms with Crippen LogP contribution in [0, 0.1) is 27.2 Å². The van der Waals surface area contributed by atoms with Gasteiger partial charge in [-0.25, -0.2) is 0 Å². The van der Waals surface area contributed by atoms with Crippen LogP contribution in [0.5, 0.6) is 0 Å². The molecule has 0 spiro atoms. The molecule has 0 radical (unpaired) electrons. The minimum atomic E-state index is -0.0295. The molecule has 1 rings (SSSR count). The van der Waals surface area contributed by atoms with Crippen LogP contribution in [-0.4, -0.2) is 21.7 Å². The summed E-state index contributed by atoms with van der Waals surface area (Å²) in [5.41, 5.74) is 0. The van der Waals surface area contributed by atoms with Crippen molar-refractivity contribution in [3.8, 4) is 0 Å². The maximum Gasteiger partial charge on any atom is 0.309 e. The summed E-state index contributed by atoms with van der Waals surface area (Å²) in [4.78, 5) is 12.3. The number of ether oxygens (including phenoxy) is 1. The highest BCUT2D eigenvalue weighted by Gasteiger charge is 2.24. The third kappa shape index (κ3) is 8.26. The van der Waals surface area contributed by atoms with Crippen LogP contribution >= 0.6 is 24.4 Å². The number of aromatic nitrogens is 2. The largest absolute Gasteiger partial charge is 0.465 e. The molecule has 1 aromatic rings. The summed E-state index contributed by atoms with van der Waals surface area (Å²) in [5.74, 6) is 0.831. The Hall–Kier alpha value is -1.01. The van der Waals surface area contributed by atoms with Crippen LogP contribution < -0.4 is 0 Å². The Kier molecular flexibility index (Phi) is 11.1. The standard InChI is InChI=1S/C21H36N2O2S2/c1-6-23-19(26)11-13-22(21(23)27)12-9-7-8-10-14-25-20(24)18(17(4)5)15-16(2)3/h11,13,16-18H,6-10,12,14-15H2,1-5H3. The van der Waals surface area contributed by atoms with E-state index < -0.39 is 0 Å². The van der Waals surface area contributed by atoms with Gasteiger partial charge in [-0.3, -0.25) is 4.79 Å². The minimum Gasteiger partial charge on any atom is -0.465 e. The van der Waals surface area contributed by atoms with Crippen molar-refractivity contribution in [1.29, 1.82) is 0 Å². The topological polar surface area (TPSA) is 36.2 Å². The molecule has 0 saturated carbocycles. The first kappa shape index (κ1) is 24.0. The van der Waals surface area contributed by atoms with Crippen molar-refractivity contribution in [2.45, 2.75) is 79.8 Å². The molecule has 27 heavy (non-hydrogen) atoms. The smallest absolute Gasteiger partial charge is 0.309 e. The second-order valence-corrected chi connectivity index (χ2v) is 8.72. The molecule has 0 fully saturated rings. The summed E-state index contributed by atoms with van der Waals surface area (Å²) in [7, 11) is 0. The van der Waals surface area contributed by atoms with Crippen LogP contribution in [0.25, 0.3) is 0 Å². The lowest BCUT2D eigenvalue weighted by molar-refractivity contribution is -0.151. The molecule has 0 aliphatic heterocycles. The van der Waals surface area contributed by atoms with Gasteiger partial charge < -0.3 is 13.9 Å². The summed E-state index contributed by atoms with van der Waals surface area (Å²) in [6.07, 6.45) is 7.02. The van der Waals surface area contributed by atoms with Crippen molar-refractivity contribution < 1.29 is 9.53 Å². The third-order valence-electron chi connectivity index (χ3n) is 4.83. The number of rotatable bonds is 12. The van der Waals surface area contributed by atoms with Gasteiger partial charge in [0.1, 0.15) is 4.64 Å². The molecule has 1 atom stereocenters. The maximum absolute atomic E-state index is 12.3. The Balaban J connectivity index is 2.29. The zero-order valence-corrected chi connectivity index (χ0v) is 19.2. The second-order valence-electron chi connectivity index (χ2n) is 7.94. The normalized spacial score (nSPS) is 12.6. The van der Waals surface area contributed by atoms with Crippen LogP contribution in [0.4, 0.5) is 0 Å². The Morgan fingerprint density at radius 2 is 1.78 bits per heavy atom. The number of hydrogen-bond acceptors (Lipinski definition) is 4. The molecule has 4 nitrogen and oxygen atoms in total. The minimum absolute atomic E-state index is 0.0180. The number of carbonyl (C=O) groups excluding carboxylic acids is 1. The first-order valence-corrected chi connectivity index (χ1v) is 11.1. The fraction of sp³-hybridized carbons (Fsp3) is 0.762. The fourth-order valence-electron chi connectivity index (χ4n) is 3.18. The van der Waals surface area contributed by atoms with E-state index in [0.29, 0.717) is 18.4 Å².